The molecular formula is C13H6BrCl2NO2. The summed E-state index contributed by atoms with van der Waals surface area (Å²) in [4.78, 5) is 12.3. The van der Waals surface area contributed by atoms with E-state index in [4.69, 9.17) is 27.6 Å². The highest BCUT2D eigenvalue weighted by atomic mass is 79.9. The van der Waals surface area contributed by atoms with Crippen LogP contribution in [-0.2, 0) is 0 Å². The Morgan fingerprint density at radius 2 is 2.05 bits per heavy atom. The molecule has 3 nitrogen and oxygen atoms in total. The summed E-state index contributed by atoms with van der Waals surface area (Å²) in [6.07, 6.45) is 1.38. The molecule has 0 radical (unpaired) electrons. The lowest BCUT2D eigenvalue weighted by Gasteiger charge is -2.08. The number of carbonyl (C=O) groups excluding carboxylic acids is 1. The van der Waals surface area contributed by atoms with Crippen LogP contribution in [0.2, 0.25) is 10.0 Å². The Bertz CT molecular complexity index is 676. The third kappa shape index (κ3) is 2.84. The summed E-state index contributed by atoms with van der Waals surface area (Å²) in [7, 11) is 0. The van der Waals surface area contributed by atoms with Gasteiger partial charge in [0.1, 0.15) is 5.92 Å². The van der Waals surface area contributed by atoms with Gasteiger partial charge in [-0.25, -0.2) is 0 Å². The number of furan rings is 1. The molecule has 0 aliphatic heterocycles. The molecule has 0 spiro atoms. The molecule has 1 aromatic heterocycles. The van der Waals surface area contributed by atoms with Gasteiger partial charge in [0.15, 0.2) is 10.5 Å². The summed E-state index contributed by atoms with van der Waals surface area (Å²) in [5.74, 6) is -1.31. The summed E-state index contributed by atoms with van der Waals surface area (Å²) >= 11 is 14.8. The second kappa shape index (κ2) is 5.79. The van der Waals surface area contributed by atoms with Gasteiger partial charge in [-0.05, 0) is 39.7 Å². The molecule has 6 heteroatoms. The summed E-state index contributed by atoms with van der Waals surface area (Å²) in [5, 5.41) is 9.89. The van der Waals surface area contributed by atoms with Crippen LogP contribution in [-0.4, -0.2) is 5.78 Å². The van der Waals surface area contributed by atoms with Gasteiger partial charge in [0.25, 0.3) is 0 Å². The fourth-order valence-corrected chi connectivity index (χ4v) is 2.34. The molecule has 0 fully saturated rings. The SMILES string of the molecule is N#CC(C(=O)c1ccoc1Br)c1ccc(Cl)c(Cl)c1. The lowest BCUT2D eigenvalue weighted by Crippen LogP contribution is -2.11. The first-order chi connectivity index (χ1) is 9.04. The average molecular weight is 359 g/mol. The van der Waals surface area contributed by atoms with E-state index in [0.717, 1.165) is 0 Å². The average Bonchev–Trinajstić information content (AvgIpc) is 2.80. The van der Waals surface area contributed by atoms with E-state index in [9.17, 15) is 10.1 Å². The number of hydrogen-bond donors (Lipinski definition) is 0. The smallest absolute Gasteiger partial charge is 0.188 e. The molecule has 1 heterocycles. The molecule has 0 aliphatic carbocycles. The van der Waals surface area contributed by atoms with Crippen LogP contribution in [0, 0.1) is 11.3 Å². The third-order valence-electron chi connectivity index (χ3n) is 2.55. The predicted molar refractivity (Wildman–Crippen MR) is 75.6 cm³/mol. The van der Waals surface area contributed by atoms with Crippen molar-refractivity contribution in [2.45, 2.75) is 5.92 Å². The van der Waals surface area contributed by atoms with E-state index in [1.165, 1.54) is 18.4 Å². The molecule has 2 aromatic rings. The van der Waals surface area contributed by atoms with Crippen LogP contribution in [0.1, 0.15) is 21.8 Å². The Balaban J connectivity index is 2.41. The zero-order valence-corrected chi connectivity index (χ0v) is 12.5. The first-order valence-electron chi connectivity index (χ1n) is 5.16. The van der Waals surface area contributed by atoms with Gasteiger partial charge in [-0.15, -0.1) is 0 Å². The van der Waals surface area contributed by atoms with Crippen molar-refractivity contribution >= 4 is 44.9 Å². The van der Waals surface area contributed by atoms with Crippen LogP contribution in [0.4, 0.5) is 0 Å². The van der Waals surface area contributed by atoms with E-state index in [2.05, 4.69) is 15.9 Å². The Hall–Kier alpha value is -1.28. The van der Waals surface area contributed by atoms with E-state index in [1.54, 1.807) is 12.1 Å². The Labute approximate surface area is 127 Å². The van der Waals surface area contributed by atoms with E-state index in [-0.39, 0.29) is 5.78 Å². The molecule has 0 saturated heterocycles. The summed E-state index contributed by atoms with van der Waals surface area (Å²) in [5.41, 5.74) is 0.813. The fraction of sp³-hybridized carbons (Fsp3) is 0.0769. The summed E-state index contributed by atoms with van der Waals surface area (Å²) in [6, 6.07) is 8.15. The monoisotopic (exact) mass is 357 g/mol. The van der Waals surface area contributed by atoms with E-state index in [1.807, 2.05) is 6.07 Å². The van der Waals surface area contributed by atoms with Crippen LogP contribution in [0.5, 0.6) is 0 Å². The maximum Gasteiger partial charge on any atom is 0.188 e. The lowest BCUT2D eigenvalue weighted by molar-refractivity contribution is 0.0977. The highest BCUT2D eigenvalue weighted by Gasteiger charge is 2.25. The molecule has 19 heavy (non-hydrogen) atoms. The van der Waals surface area contributed by atoms with Crippen molar-refractivity contribution in [3.63, 3.8) is 0 Å². The second-order valence-electron chi connectivity index (χ2n) is 3.71. The van der Waals surface area contributed by atoms with Gasteiger partial charge in [-0.3, -0.25) is 4.79 Å². The number of benzene rings is 1. The molecule has 96 valence electrons. The van der Waals surface area contributed by atoms with Crippen molar-refractivity contribution in [3.05, 3.63) is 56.4 Å². The van der Waals surface area contributed by atoms with Gasteiger partial charge in [-0.2, -0.15) is 5.26 Å². The topological polar surface area (TPSA) is 54.0 Å². The van der Waals surface area contributed by atoms with E-state index >= 15 is 0 Å². The Morgan fingerprint density at radius 1 is 1.32 bits per heavy atom. The fourth-order valence-electron chi connectivity index (χ4n) is 1.60. The minimum atomic E-state index is -0.955. The maximum absolute atomic E-state index is 12.3. The lowest BCUT2D eigenvalue weighted by atomic mass is 9.93. The highest BCUT2D eigenvalue weighted by Crippen LogP contribution is 2.30. The zero-order valence-electron chi connectivity index (χ0n) is 9.36. The highest BCUT2D eigenvalue weighted by molar-refractivity contribution is 9.10. The van der Waals surface area contributed by atoms with Crippen molar-refractivity contribution in [2.75, 3.05) is 0 Å². The number of Topliss-reactive ketones (excluding diaryl/α,β-unsaturated/α-hetero) is 1. The number of nitrogens with zero attached hydrogens (tertiary/aromatic N) is 1. The summed E-state index contributed by atoms with van der Waals surface area (Å²) < 4.78 is 5.30. The molecule has 2 rings (SSSR count). The van der Waals surface area contributed by atoms with Crippen LogP contribution in [0.3, 0.4) is 0 Å². The standard InChI is InChI=1S/C13H6BrCl2NO2/c14-13-8(3-4-19-13)12(18)9(6-17)7-1-2-10(15)11(16)5-7/h1-5,9H. The number of hydrogen-bond acceptors (Lipinski definition) is 3. The first kappa shape index (κ1) is 14.1. The molecule has 1 unspecified atom stereocenters. The van der Waals surface area contributed by atoms with Crippen LogP contribution in [0.15, 0.2) is 39.6 Å². The Kier molecular flexibility index (Phi) is 4.31. The Morgan fingerprint density at radius 3 is 2.58 bits per heavy atom. The second-order valence-corrected chi connectivity index (χ2v) is 5.24. The number of ketones is 1. The molecule has 0 saturated carbocycles. The normalized spacial score (nSPS) is 11.9. The quantitative estimate of drug-likeness (QED) is 0.737. The van der Waals surface area contributed by atoms with Crippen LogP contribution in [0.25, 0.3) is 0 Å². The molecule has 0 N–H and O–H groups in total. The largest absolute Gasteiger partial charge is 0.457 e. The minimum Gasteiger partial charge on any atom is -0.457 e. The number of carbonyl (C=O) groups is 1. The molecule has 1 aromatic carbocycles. The number of rotatable bonds is 3. The van der Waals surface area contributed by atoms with Gasteiger partial charge in [0.05, 0.1) is 27.9 Å². The van der Waals surface area contributed by atoms with Crippen LogP contribution >= 0.6 is 39.1 Å². The zero-order chi connectivity index (χ0) is 14.0. The van der Waals surface area contributed by atoms with Gasteiger partial charge in [0, 0.05) is 0 Å². The van der Waals surface area contributed by atoms with Gasteiger partial charge in [0.2, 0.25) is 0 Å². The van der Waals surface area contributed by atoms with Crippen molar-refractivity contribution in [3.8, 4) is 6.07 Å². The molecular weight excluding hydrogens is 353 g/mol. The van der Waals surface area contributed by atoms with Crippen molar-refractivity contribution in [2.24, 2.45) is 0 Å². The first-order valence-corrected chi connectivity index (χ1v) is 6.71. The van der Waals surface area contributed by atoms with Gasteiger partial charge in [-0.1, -0.05) is 29.3 Å². The van der Waals surface area contributed by atoms with E-state index < -0.39 is 5.92 Å². The number of nitriles is 1. The van der Waals surface area contributed by atoms with Gasteiger partial charge >= 0.3 is 0 Å². The van der Waals surface area contributed by atoms with Crippen molar-refractivity contribution in [1.82, 2.24) is 0 Å². The third-order valence-corrected chi connectivity index (χ3v) is 3.90. The molecule has 1 atom stereocenters. The predicted octanol–water partition coefficient (Wildman–Crippen LogP) is 4.84. The minimum absolute atomic E-state index is 0.304. The van der Waals surface area contributed by atoms with Gasteiger partial charge < -0.3 is 4.42 Å². The molecule has 0 bridgehead atoms. The van der Waals surface area contributed by atoms with Crippen molar-refractivity contribution in [1.29, 1.82) is 5.26 Å². The molecule has 0 amide bonds. The maximum atomic E-state index is 12.3. The molecule has 0 aliphatic rings. The van der Waals surface area contributed by atoms with Crippen LogP contribution < -0.4 is 0 Å². The van der Waals surface area contributed by atoms with Crippen molar-refractivity contribution < 1.29 is 9.21 Å². The summed E-state index contributed by atoms with van der Waals surface area (Å²) in [6.45, 7) is 0. The number of halogens is 3. The van der Waals surface area contributed by atoms with E-state index in [0.29, 0.717) is 25.8 Å².